The van der Waals surface area contributed by atoms with Gasteiger partial charge in [0.05, 0.1) is 10.2 Å². The quantitative estimate of drug-likeness (QED) is 0.316. The number of aryl methyl sites for hydroxylation is 1. The van der Waals surface area contributed by atoms with E-state index in [2.05, 4.69) is 27.0 Å². The molecular weight excluding hydrogens is 586 g/mol. The van der Waals surface area contributed by atoms with Crippen molar-refractivity contribution in [3.05, 3.63) is 53.9 Å². The predicted molar refractivity (Wildman–Crippen MR) is 177 cm³/mol. The molecule has 1 N–H and O–H groups in total. The van der Waals surface area contributed by atoms with E-state index in [0.717, 1.165) is 70.7 Å². The zero-order valence-corrected chi connectivity index (χ0v) is 27.0. The molecule has 0 unspecified atom stereocenters. The topological polar surface area (TPSA) is 111 Å². The summed E-state index contributed by atoms with van der Waals surface area (Å²) in [6.45, 7) is 10.3. The lowest BCUT2D eigenvalue weighted by atomic mass is 10.0. The predicted octanol–water partition coefficient (Wildman–Crippen LogP) is 4.57. The molecule has 0 radical (unpaired) electrons. The molecule has 3 saturated heterocycles. The van der Waals surface area contributed by atoms with Crippen molar-refractivity contribution < 1.29 is 9.59 Å². The number of likely N-dealkylation sites (N-methyl/N-ethyl adjacent to an activating group) is 1. The summed E-state index contributed by atoms with van der Waals surface area (Å²) in [5.74, 6) is 2.24. The first kappa shape index (κ1) is 29.5. The fourth-order valence-electron chi connectivity index (χ4n) is 7.01. The number of benzene rings is 1. The van der Waals surface area contributed by atoms with Crippen molar-refractivity contribution in [2.45, 2.75) is 58.2 Å². The zero-order chi connectivity index (χ0) is 31.2. The van der Waals surface area contributed by atoms with Crippen LogP contribution in [0.3, 0.4) is 0 Å². The molecule has 3 aliphatic rings. The van der Waals surface area contributed by atoms with Crippen LogP contribution in [0.25, 0.3) is 20.8 Å². The number of carbonyl (C=O) groups excluding carboxylic acids is 2. The van der Waals surface area contributed by atoms with Crippen molar-refractivity contribution >= 4 is 51.0 Å². The number of amides is 2. The Labute approximate surface area is 267 Å². The lowest BCUT2D eigenvalue weighted by molar-refractivity contribution is -0.130. The molecule has 0 spiro atoms. The van der Waals surface area contributed by atoms with Gasteiger partial charge < -0.3 is 20.0 Å². The zero-order valence-electron chi connectivity index (χ0n) is 26.2. The fourth-order valence-corrected chi connectivity index (χ4v) is 7.92. The number of thiazole rings is 1. The first-order valence-corrected chi connectivity index (χ1v) is 16.6. The molecule has 2 atom stereocenters. The highest BCUT2D eigenvalue weighted by molar-refractivity contribution is 7.21. The van der Waals surface area contributed by atoms with Crippen LogP contribution in [-0.2, 0) is 4.79 Å². The maximum Gasteiger partial charge on any atom is 0.253 e. The van der Waals surface area contributed by atoms with Gasteiger partial charge in [0.1, 0.15) is 16.6 Å². The maximum atomic E-state index is 13.4. The Kier molecular flexibility index (Phi) is 7.86. The van der Waals surface area contributed by atoms with Crippen LogP contribution in [0.15, 0.2) is 42.6 Å². The van der Waals surface area contributed by atoms with E-state index in [0.29, 0.717) is 36.6 Å². The molecule has 2 bridgehead atoms. The van der Waals surface area contributed by atoms with Crippen LogP contribution in [0.1, 0.15) is 49.2 Å². The third-order valence-corrected chi connectivity index (χ3v) is 10.6. The Morgan fingerprint density at radius 1 is 1.04 bits per heavy atom. The van der Waals surface area contributed by atoms with Gasteiger partial charge in [0.25, 0.3) is 5.91 Å². The van der Waals surface area contributed by atoms with Gasteiger partial charge in [-0.25, -0.2) is 15.0 Å². The number of carbonyl (C=O) groups is 2. The number of rotatable bonds is 7. The molecule has 0 saturated carbocycles. The van der Waals surface area contributed by atoms with Crippen LogP contribution in [0.5, 0.6) is 0 Å². The van der Waals surface area contributed by atoms with Crippen molar-refractivity contribution in [3.63, 3.8) is 0 Å². The molecule has 7 rings (SSSR count). The molecule has 234 valence electrons. The summed E-state index contributed by atoms with van der Waals surface area (Å²) in [4.78, 5) is 52.9. The number of hydrogen-bond acceptors (Lipinski definition) is 10. The molecule has 3 aromatic heterocycles. The monoisotopic (exact) mass is 625 g/mol. The number of nitrogens with zero attached hydrogens (tertiary/aromatic N) is 8. The summed E-state index contributed by atoms with van der Waals surface area (Å²) in [7, 11) is 1.86. The summed E-state index contributed by atoms with van der Waals surface area (Å²) in [5.41, 5.74) is 3.28. The van der Waals surface area contributed by atoms with Gasteiger partial charge in [-0.15, -0.1) is 11.3 Å². The highest BCUT2D eigenvalue weighted by Gasteiger charge is 2.43. The summed E-state index contributed by atoms with van der Waals surface area (Å²) >= 11 is 1.56. The van der Waals surface area contributed by atoms with E-state index in [1.54, 1.807) is 18.3 Å². The number of hydrogen-bond donors (Lipinski definition) is 1. The lowest BCUT2D eigenvalue weighted by Gasteiger charge is -2.36. The number of aromatic nitrogens is 4. The second kappa shape index (κ2) is 12.0. The summed E-state index contributed by atoms with van der Waals surface area (Å²) in [6, 6.07) is 12.7. The van der Waals surface area contributed by atoms with Gasteiger partial charge in [0.2, 0.25) is 11.9 Å². The highest BCUT2D eigenvalue weighted by Crippen LogP contribution is 2.34. The molecule has 12 heteroatoms. The number of nitrogens with one attached hydrogen (secondary N) is 1. The van der Waals surface area contributed by atoms with Crippen LogP contribution >= 0.6 is 11.3 Å². The fraction of sp³-hybridized carbons (Fsp3) is 0.455. The van der Waals surface area contributed by atoms with Gasteiger partial charge in [-0.05, 0) is 44.9 Å². The van der Waals surface area contributed by atoms with Crippen molar-refractivity contribution in [1.29, 1.82) is 0 Å². The summed E-state index contributed by atoms with van der Waals surface area (Å²) in [5, 5.41) is 4.22. The molecule has 1 aromatic carbocycles. The normalized spacial score (nSPS) is 20.3. The van der Waals surface area contributed by atoms with Gasteiger partial charge in [0.15, 0.2) is 0 Å². The molecule has 0 aliphatic carbocycles. The Morgan fingerprint density at radius 3 is 2.60 bits per heavy atom. The van der Waals surface area contributed by atoms with Gasteiger partial charge in [-0.1, -0.05) is 19.1 Å². The molecule has 4 aromatic rings. The minimum atomic E-state index is -0.0173. The van der Waals surface area contributed by atoms with E-state index < -0.39 is 0 Å². The van der Waals surface area contributed by atoms with E-state index in [-0.39, 0.29) is 17.9 Å². The third-order valence-electron chi connectivity index (χ3n) is 9.53. The van der Waals surface area contributed by atoms with E-state index in [4.69, 9.17) is 15.0 Å². The number of fused-ring (bicyclic) bond motifs is 3. The van der Waals surface area contributed by atoms with Gasteiger partial charge in [0, 0.05) is 93.4 Å². The van der Waals surface area contributed by atoms with Gasteiger partial charge >= 0.3 is 0 Å². The second-order valence-corrected chi connectivity index (χ2v) is 13.4. The first-order chi connectivity index (χ1) is 21.7. The molecule has 3 fully saturated rings. The van der Waals surface area contributed by atoms with Crippen molar-refractivity contribution in [2.75, 3.05) is 50.0 Å². The van der Waals surface area contributed by atoms with Crippen LogP contribution in [-0.4, -0.2) is 104 Å². The van der Waals surface area contributed by atoms with Crippen molar-refractivity contribution in [3.8, 4) is 10.6 Å². The Bertz CT molecular complexity index is 1750. The molecule has 6 heterocycles. The van der Waals surface area contributed by atoms with E-state index >= 15 is 0 Å². The number of likely N-dealkylation sites (tertiary alicyclic amines) is 2. The number of pyridine rings is 1. The minimum Gasteiger partial charge on any atom is -0.343 e. The van der Waals surface area contributed by atoms with Crippen molar-refractivity contribution in [2.24, 2.45) is 0 Å². The van der Waals surface area contributed by atoms with Crippen LogP contribution < -0.4 is 10.2 Å². The molecule has 2 amide bonds. The maximum absolute atomic E-state index is 13.4. The summed E-state index contributed by atoms with van der Waals surface area (Å²) < 4.78 is 0.967. The highest BCUT2D eigenvalue weighted by atomic mass is 32.1. The van der Waals surface area contributed by atoms with Crippen LogP contribution in [0.4, 0.5) is 17.6 Å². The van der Waals surface area contributed by atoms with Crippen LogP contribution in [0.2, 0.25) is 0 Å². The number of piperazine rings is 1. The van der Waals surface area contributed by atoms with Crippen LogP contribution in [0, 0.1) is 6.92 Å². The number of piperidine rings is 1. The SMILES string of the molecule is CCN1C[C@@H]2C[C@H]1CN2c1nc(C)cc(Nc2cc3nc(-c4cccc(C(=O)N(C)C5CCN(C(C)=O)CC5)c4)sc3cn2)n1. The standard InChI is InChI=1S/C33H39N9O2S/c1-5-40-18-26-15-25(40)19-42(26)33-35-20(2)13-30(38-33)37-29-16-27-28(17-34-29)45-31(36-27)22-7-6-8-23(14-22)32(44)39(4)24-9-11-41(12-10-24)21(3)43/h6-8,13-14,16-17,24-26H,5,9-12,15,18-19H2,1-4H3,(H,34,35,37,38)/t25-,26-/m0/s1. The lowest BCUT2D eigenvalue weighted by Crippen LogP contribution is -2.46. The molecule has 11 nitrogen and oxygen atoms in total. The smallest absolute Gasteiger partial charge is 0.253 e. The Hall–Kier alpha value is -4.16. The van der Waals surface area contributed by atoms with E-state index in [9.17, 15) is 9.59 Å². The first-order valence-electron chi connectivity index (χ1n) is 15.8. The van der Waals surface area contributed by atoms with Crippen molar-refractivity contribution in [1.82, 2.24) is 34.6 Å². The average Bonchev–Trinajstić information content (AvgIpc) is 3.78. The molecular formula is C33H39N9O2S. The molecule has 45 heavy (non-hydrogen) atoms. The van der Waals surface area contributed by atoms with Gasteiger partial charge in [-0.3, -0.25) is 14.5 Å². The summed E-state index contributed by atoms with van der Waals surface area (Å²) in [6.07, 6.45) is 4.58. The Morgan fingerprint density at radius 2 is 1.87 bits per heavy atom. The largest absolute Gasteiger partial charge is 0.343 e. The van der Waals surface area contributed by atoms with E-state index in [1.165, 1.54) is 6.42 Å². The average molecular weight is 626 g/mol. The minimum absolute atomic E-state index is 0.0173. The molecule has 3 aliphatic heterocycles. The van der Waals surface area contributed by atoms with Gasteiger partial charge in [-0.2, -0.15) is 4.98 Å². The second-order valence-electron chi connectivity index (χ2n) is 12.4. The van der Waals surface area contributed by atoms with E-state index in [1.807, 2.05) is 66.4 Å². The number of anilines is 3. The Balaban J connectivity index is 1.06. The third kappa shape index (κ3) is 5.84.